The molecule has 252 valence electrons. The Morgan fingerprint density at radius 3 is 2.25 bits per heavy atom. The van der Waals surface area contributed by atoms with Gasteiger partial charge < -0.3 is 15.0 Å². The Morgan fingerprint density at radius 2 is 1.56 bits per heavy atom. The predicted octanol–water partition coefficient (Wildman–Crippen LogP) is 7.05. The monoisotopic (exact) mass is 731 g/mol. The highest BCUT2D eigenvalue weighted by molar-refractivity contribution is 9.10. The zero-order valence-electron chi connectivity index (χ0n) is 27.3. The summed E-state index contributed by atoms with van der Waals surface area (Å²) in [4.78, 5) is 30.6. The number of ether oxygens (including phenoxy) is 1. The van der Waals surface area contributed by atoms with E-state index >= 15 is 0 Å². The summed E-state index contributed by atoms with van der Waals surface area (Å²) in [5.41, 5.74) is 2.88. The van der Waals surface area contributed by atoms with E-state index in [0.29, 0.717) is 15.9 Å². The molecule has 2 amide bonds. The SMILES string of the molecule is COc1cccc(CN(C(=O)CN(c2cccc(Br)c2)S(=O)(=O)c2ccc(C)cc2)C(Cc2ccccc2)C(=O)NC2CCCCC2)c1. The summed E-state index contributed by atoms with van der Waals surface area (Å²) in [6.07, 6.45) is 5.26. The van der Waals surface area contributed by atoms with Gasteiger partial charge in [-0.1, -0.05) is 101 Å². The van der Waals surface area contributed by atoms with Crippen molar-refractivity contribution in [3.05, 3.63) is 124 Å². The number of carbonyl (C=O) groups is 2. The van der Waals surface area contributed by atoms with Crippen molar-refractivity contribution in [1.82, 2.24) is 10.2 Å². The Kier molecular flexibility index (Phi) is 11.9. The van der Waals surface area contributed by atoms with Crippen molar-refractivity contribution >= 4 is 43.5 Å². The first kappa shape index (κ1) is 35.2. The highest BCUT2D eigenvalue weighted by Gasteiger charge is 2.35. The van der Waals surface area contributed by atoms with Crippen LogP contribution in [0, 0.1) is 6.92 Å². The Bertz CT molecular complexity index is 1790. The predicted molar refractivity (Wildman–Crippen MR) is 192 cm³/mol. The van der Waals surface area contributed by atoms with E-state index < -0.39 is 28.5 Å². The molecule has 0 heterocycles. The second kappa shape index (κ2) is 16.3. The molecule has 1 N–H and O–H groups in total. The van der Waals surface area contributed by atoms with Gasteiger partial charge in [0.2, 0.25) is 11.8 Å². The first-order valence-electron chi connectivity index (χ1n) is 16.3. The first-order valence-corrected chi connectivity index (χ1v) is 18.5. The molecular weight excluding hydrogens is 690 g/mol. The molecule has 5 rings (SSSR count). The van der Waals surface area contributed by atoms with Crippen LogP contribution in [0.15, 0.2) is 112 Å². The van der Waals surface area contributed by atoms with Gasteiger partial charge in [-0.2, -0.15) is 0 Å². The molecule has 1 unspecified atom stereocenters. The molecule has 4 aromatic rings. The molecule has 10 heteroatoms. The van der Waals surface area contributed by atoms with E-state index in [1.165, 1.54) is 4.90 Å². The smallest absolute Gasteiger partial charge is 0.264 e. The van der Waals surface area contributed by atoms with Crippen molar-refractivity contribution in [2.75, 3.05) is 18.0 Å². The van der Waals surface area contributed by atoms with Crippen LogP contribution in [0.3, 0.4) is 0 Å². The van der Waals surface area contributed by atoms with Gasteiger partial charge in [-0.15, -0.1) is 0 Å². The van der Waals surface area contributed by atoms with Crippen LogP contribution in [0.2, 0.25) is 0 Å². The van der Waals surface area contributed by atoms with Crippen LogP contribution in [0.25, 0.3) is 0 Å². The minimum Gasteiger partial charge on any atom is -0.497 e. The van der Waals surface area contributed by atoms with Crippen LogP contribution in [-0.4, -0.2) is 50.9 Å². The Hall–Kier alpha value is -4.15. The average molecular weight is 733 g/mol. The summed E-state index contributed by atoms with van der Waals surface area (Å²) in [5.74, 6) is -0.144. The van der Waals surface area contributed by atoms with Crippen molar-refractivity contribution in [3.8, 4) is 5.75 Å². The van der Waals surface area contributed by atoms with Crippen LogP contribution < -0.4 is 14.4 Å². The lowest BCUT2D eigenvalue weighted by Crippen LogP contribution is -2.55. The molecule has 48 heavy (non-hydrogen) atoms. The number of nitrogens with zero attached hydrogens (tertiary/aromatic N) is 2. The van der Waals surface area contributed by atoms with Crippen molar-refractivity contribution in [2.45, 2.75) is 69.0 Å². The topological polar surface area (TPSA) is 96.0 Å². The molecule has 0 saturated heterocycles. The maximum Gasteiger partial charge on any atom is 0.264 e. The molecule has 0 spiro atoms. The number of sulfonamides is 1. The van der Waals surface area contributed by atoms with E-state index in [4.69, 9.17) is 4.74 Å². The van der Waals surface area contributed by atoms with Gasteiger partial charge in [0.15, 0.2) is 0 Å². The van der Waals surface area contributed by atoms with Crippen LogP contribution in [0.5, 0.6) is 5.75 Å². The van der Waals surface area contributed by atoms with E-state index in [1.807, 2.05) is 61.5 Å². The van der Waals surface area contributed by atoms with E-state index in [0.717, 1.165) is 53.1 Å². The lowest BCUT2D eigenvalue weighted by Gasteiger charge is -2.35. The number of anilines is 1. The quantitative estimate of drug-likeness (QED) is 0.159. The van der Waals surface area contributed by atoms with E-state index in [2.05, 4.69) is 21.2 Å². The van der Waals surface area contributed by atoms with Crippen LogP contribution in [0.1, 0.15) is 48.8 Å². The van der Waals surface area contributed by atoms with Crippen molar-refractivity contribution in [2.24, 2.45) is 0 Å². The number of rotatable bonds is 13. The lowest BCUT2D eigenvalue weighted by atomic mass is 9.94. The fraction of sp³-hybridized carbons (Fsp3) is 0.316. The summed E-state index contributed by atoms with van der Waals surface area (Å²) in [6, 6.07) is 29.5. The van der Waals surface area contributed by atoms with Crippen LogP contribution in [-0.2, 0) is 32.6 Å². The summed E-state index contributed by atoms with van der Waals surface area (Å²) in [6.45, 7) is 1.44. The highest BCUT2D eigenvalue weighted by atomic mass is 79.9. The van der Waals surface area contributed by atoms with Crippen molar-refractivity contribution in [3.63, 3.8) is 0 Å². The number of nitrogens with one attached hydrogen (secondary N) is 1. The molecule has 1 aliphatic rings. The number of amides is 2. The molecule has 1 atom stereocenters. The minimum atomic E-state index is -4.18. The fourth-order valence-corrected chi connectivity index (χ4v) is 7.86. The standard InChI is InChI=1S/C38H42BrN3O5S/c1-28-19-21-35(22-20-28)48(45,46)42(33-17-10-14-31(39)25-33)27-37(43)41(26-30-13-9-18-34(23-30)47-2)36(24-29-11-5-3-6-12-29)38(44)40-32-15-7-4-8-16-32/h3,5-6,9-14,17-23,25,32,36H,4,7-8,15-16,24,26-27H2,1-2H3,(H,40,44). The summed E-state index contributed by atoms with van der Waals surface area (Å²) < 4.78 is 35.8. The van der Waals surface area contributed by atoms with E-state index in [-0.39, 0.29) is 29.8 Å². The first-order chi connectivity index (χ1) is 23.1. The Morgan fingerprint density at radius 1 is 0.875 bits per heavy atom. The maximum absolute atomic E-state index is 14.7. The zero-order chi connectivity index (χ0) is 34.1. The number of aryl methyl sites for hydroxylation is 1. The second-order valence-electron chi connectivity index (χ2n) is 12.2. The van der Waals surface area contributed by atoms with Gasteiger partial charge in [-0.05, 0) is 73.4 Å². The van der Waals surface area contributed by atoms with Crippen molar-refractivity contribution < 1.29 is 22.7 Å². The minimum absolute atomic E-state index is 0.0263. The average Bonchev–Trinajstić information content (AvgIpc) is 3.09. The fourth-order valence-electron chi connectivity index (χ4n) is 6.06. The number of hydrogen-bond donors (Lipinski definition) is 1. The second-order valence-corrected chi connectivity index (χ2v) is 15.0. The van der Waals surface area contributed by atoms with Crippen LogP contribution in [0.4, 0.5) is 5.69 Å². The number of carbonyl (C=O) groups excluding carboxylic acids is 2. The summed E-state index contributed by atoms with van der Waals surface area (Å²) >= 11 is 3.46. The third kappa shape index (κ3) is 9.05. The highest BCUT2D eigenvalue weighted by Crippen LogP contribution is 2.28. The largest absolute Gasteiger partial charge is 0.497 e. The van der Waals surface area contributed by atoms with Crippen molar-refractivity contribution in [1.29, 1.82) is 0 Å². The number of methoxy groups -OCH3 is 1. The molecule has 8 nitrogen and oxygen atoms in total. The normalized spacial score (nSPS) is 14.1. The molecular formula is C38H42BrN3O5S. The molecule has 1 saturated carbocycles. The molecule has 1 aliphatic carbocycles. The third-order valence-electron chi connectivity index (χ3n) is 8.69. The zero-order valence-corrected chi connectivity index (χ0v) is 29.8. The Labute approximate surface area is 292 Å². The van der Waals surface area contributed by atoms with Gasteiger partial charge in [0.1, 0.15) is 18.3 Å². The van der Waals surface area contributed by atoms with E-state index in [9.17, 15) is 18.0 Å². The molecule has 0 aliphatic heterocycles. The lowest BCUT2D eigenvalue weighted by molar-refractivity contribution is -0.140. The molecule has 0 bridgehead atoms. The number of benzene rings is 4. The molecule has 0 aromatic heterocycles. The van der Waals surface area contributed by atoms with Crippen LogP contribution >= 0.6 is 15.9 Å². The van der Waals surface area contributed by atoms with Gasteiger partial charge in [0.25, 0.3) is 10.0 Å². The molecule has 0 radical (unpaired) electrons. The van der Waals surface area contributed by atoms with Gasteiger partial charge in [-0.25, -0.2) is 8.42 Å². The maximum atomic E-state index is 14.7. The summed E-state index contributed by atoms with van der Waals surface area (Å²) in [5, 5.41) is 3.24. The van der Waals surface area contributed by atoms with Gasteiger partial charge in [0, 0.05) is 23.5 Å². The van der Waals surface area contributed by atoms with Gasteiger partial charge >= 0.3 is 0 Å². The van der Waals surface area contributed by atoms with E-state index in [1.54, 1.807) is 55.6 Å². The Balaban J connectivity index is 1.57. The van der Waals surface area contributed by atoms with Gasteiger partial charge in [-0.3, -0.25) is 13.9 Å². The molecule has 1 fully saturated rings. The van der Waals surface area contributed by atoms with Gasteiger partial charge in [0.05, 0.1) is 17.7 Å². The molecule has 4 aromatic carbocycles. The number of hydrogen-bond acceptors (Lipinski definition) is 5. The third-order valence-corrected chi connectivity index (χ3v) is 11.0. The summed E-state index contributed by atoms with van der Waals surface area (Å²) in [7, 11) is -2.61. The number of halogens is 1.